The van der Waals surface area contributed by atoms with Gasteiger partial charge in [-0.25, -0.2) is 0 Å². The third-order valence-corrected chi connectivity index (χ3v) is 8.82. The van der Waals surface area contributed by atoms with Crippen LogP contribution in [0.2, 0.25) is 0 Å². The fourth-order valence-electron chi connectivity index (χ4n) is 6.00. The van der Waals surface area contributed by atoms with Gasteiger partial charge in [-0.3, -0.25) is 4.79 Å². The summed E-state index contributed by atoms with van der Waals surface area (Å²) in [5, 5.41) is 0. The second-order valence-electron chi connectivity index (χ2n) is 14.5. The van der Waals surface area contributed by atoms with Crippen LogP contribution in [0.25, 0.3) is 0 Å². The molecule has 0 spiro atoms. The van der Waals surface area contributed by atoms with Gasteiger partial charge in [0.25, 0.3) is 0 Å². The zero-order valence-corrected chi connectivity index (χ0v) is 24.5. The number of nitrogens with zero attached hydrogens (tertiary/aromatic N) is 1. The predicted molar refractivity (Wildman–Crippen MR) is 167 cm³/mol. The molecule has 1 heterocycles. The van der Waals surface area contributed by atoms with Crippen LogP contribution in [-0.2, 0) is 4.79 Å². The van der Waals surface area contributed by atoms with E-state index in [9.17, 15) is 4.79 Å². The third kappa shape index (κ3) is 15.7. The molecule has 1 saturated heterocycles. The maximum absolute atomic E-state index is 11.1. The van der Waals surface area contributed by atoms with E-state index in [4.69, 9.17) is 0 Å². The number of hydrogen-bond acceptors (Lipinski definition) is 1. The van der Waals surface area contributed by atoms with Gasteiger partial charge in [0.05, 0.1) is 0 Å². The van der Waals surface area contributed by atoms with Crippen molar-refractivity contribution in [2.24, 2.45) is 34.0 Å². The van der Waals surface area contributed by atoms with Crippen molar-refractivity contribution in [1.82, 2.24) is 4.90 Å². The van der Waals surface area contributed by atoms with E-state index in [0.717, 1.165) is 30.8 Å². The highest BCUT2D eigenvalue weighted by molar-refractivity contribution is 5.73. The zero-order chi connectivity index (χ0) is 25.3. The fourth-order valence-corrected chi connectivity index (χ4v) is 6.00. The summed E-state index contributed by atoms with van der Waals surface area (Å²) in [5.41, 5.74) is 1.55. The average molecular weight is 512 g/mol. The maximum Gasteiger partial charge on any atom is 0.219 e. The molecule has 2 aliphatic carbocycles. The Morgan fingerprint density at radius 3 is 0.944 bits per heavy atom. The van der Waals surface area contributed by atoms with Crippen molar-refractivity contribution in [3.8, 4) is 0 Å². The molecule has 1 amide bonds. The van der Waals surface area contributed by atoms with Crippen molar-refractivity contribution in [3.05, 3.63) is 0 Å². The summed E-state index contributed by atoms with van der Waals surface area (Å²) in [4.78, 5) is 13.0. The Hall–Kier alpha value is -0.530. The molecular formula is C34H73NO. The van der Waals surface area contributed by atoms with E-state index in [1.54, 1.807) is 6.92 Å². The number of carbonyl (C=O) groups excluding carboxylic acids is 1. The lowest BCUT2D eigenvalue weighted by molar-refractivity contribution is -0.130. The van der Waals surface area contributed by atoms with Crippen LogP contribution in [0.4, 0.5) is 0 Å². The Balaban J connectivity index is -0.000000440. The molecule has 2 saturated carbocycles. The van der Waals surface area contributed by atoms with Crippen LogP contribution in [0.5, 0.6) is 0 Å². The van der Waals surface area contributed by atoms with E-state index in [1.807, 2.05) is 4.90 Å². The third-order valence-electron chi connectivity index (χ3n) is 8.82. The average Bonchev–Trinajstić information content (AvgIpc) is 2.74. The molecule has 0 radical (unpaired) electrons. The minimum Gasteiger partial charge on any atom is -0.343 e. The summed E-state index contributed by atoms with van der Waals surface area (Å²) in [6.45, 7) is 24.7. The smallest absolute Gasteiger partial charge is 0.219 e. The van der Waals surface area contributed by atoms with Gasteiger partial charge in [0.15, 0.2) is 0 Å². The molecule has 3 aliphatic rings. The van der Waals surface area contributed by atoms with Crippen LogP contribution in [0.1, 0.15) is 169 Å². The summed E-state index contributed by atoms with van der Waals surface area (Å²) in [7, 11) is 0. The van der Waals surface area contributed by atoms with Crippen molar-refractivity contribution in [2.75, 3.05) is 13.1 Å². The predicted octanol–water partition coefficient (Wildman–Crippen LogP) is 11.4. The molecule has 0 N–H and O–H groups in total. The van der Waals surface area contributed by atoms with E-state index in [2.05, 4.69) is 62.3 Å². The topological polar surface area (TPSA) is 20.3 Å². The van der Waals surface area contributed by atoms with Gasteiger partial charge in [-0.1, -0.05) is 123 Å². The highest BCUT2D eigenvalue weighted by atomic mass is 16.2. The summed E-state index contributed by atoms with van der Waals surface area (Å²) < 4.78 is 0. The molecule has 0 aromatic rings. The van der Waals surface area contributed by atoms with Crippen LogP contribution in [0.15, 0.2) is 0 Å². The molecule has 0 aromatic heterocycles. The maximum atomic E-state index is 11.1. The van der Waals surface area contributed by atoms with Crippen LogP contribution in [-0.4, -0.2) is 23.9 Å². The van der Waals surface area contributed by atoms with E-state index >= 15 is 0 Å². The molecule has 3 fully saturated rings. The van der Waals surface area contributed by atoms with Gasteiger partial charge in [-0.15, -0.1) is 0 Å². The quantitative estimate of drug-likeness (QED) is 0.316. The molecular weight excluding hydrogens is 438 g/mol. The number of rotatable bonds is 0. The summed E-state index contributed by atoms with van der Waals surface area (Å²) >= 11 is 0. The van der Waals surface area contributed by atoms with Crippen molar-refractivity contribution < 1.29 is 4.79 Å². The summed E-state index contributed by atoms with van der Waals surface area (Å²) in [6.07, 6.45) is 17.1. The number of piperidine rings is 1. The molecule has 0 unspecified atom stereocenters. The van der Waals surface area contributed by atoms with Crippen molar-refractivity contribution in [3.63, 3.8) is 0 Å². The highest BCUT2D eigenvalue weighted by Crippen LogP contribution is 2.38. The fraction of sp³-hybridized carbons (Fsp3) is 0.971. The van der Waals surface area contributed by atoms with Gasteiger partial charge in [-0.2, -0.15) is 0 Å². The van der Waals surface area contributed by atoms with Gasteiger partial charge >= 0.3 is 0 Å². The minimum absolute atomic E-state index is 0. The monoisotopic (exact) mass is 512 g/mol. The number of hydrogen-bond donors (Lipinski definition) is 0. The standard InChI is InChI=1S/C11H21NO.2C10H20.3CH4/c1-9(13)12-7-5-10(6-8-12)11(2,3)4;2*1-10(2,3)9-7-5-4-6-8-9;;;/h10H,5-8H2,1-4H3;2*9H,4-8H2,1-3H3;3*1H4. The number of amides is 1. The Labute approximate surface area is 231 Å². The van der Waals surface area contributed by atoms with Crippen LogP contribution >= 0.6 is 0 Å². The zero-order valence-electron chi connectivity index (χ0n) is 24.5. The van der Waals surface area contributed by atoms with E-state index in [1.165, 1.54) is 77.0 Å². The van der Waals surface area contributed by atoms with Crippen LogP contribution in [0, 0.1) is 34.0 Å². The van der Waals surface area contributed by atoms with Crippen LogP contribution in [0.3, 0.4) is 0 Å². The summed E-state index contributed by atoms with van der Waals surface area (Å²) in [5.74, 6) is 3.01. The van der Waals surface area contributed by atoms with E-state index in [-0.39, 0.29) is 28.2 Å². The Kier molecular flexibility index (Phi) is 19.9. The molecule has 2 nitrogen and oxygen atoms in total. The summed E-state index contributed by atoms with van der Waals surface area (Å²) in [6, 6.07) is 0. The molecule has 220 valence electrons. The second-order valence-corrected chi connectivity index (χ2v) is 14.5. The first-order valence-corrected chi connectivity index (χ1v) is 14.4. The molecule has 2 heteroatoms. The molecule has 3 rings (SSSR count). The lowest BCUT2D eigenvalue weighted by Crippen LogP contribution is -2.40. The Morgan fingerprint density at radius 1 is 0.500 bits per heavy atom. The highest BCUT2D eigenvalue weighted by Gasteiger charge is 2.29. The van der Waals surface area contributed by atoms with Crippen molar-refractivity contribution >= 4 is 5.91 Å². The molecule has 0 bridgehead atoms. The first kappa shape index (κ1) is 40.0. The lowest BCUT2D eigenvalue weighted by Gasteiger charge is -2.38. The lowest BCUT2D eigenvalue weighted by atomic mass is 9.72. The molecule has 0 atom stereocenters. The van der Waals surface area contributed by atoms with Gasteiger partial charge < -0.3 is 4.90 Å². The van der Waals surface area contributed by atoms with E-state index < -0.39 is 0 Å². The molecule has 36 heavy (non-hydrogen) atoms. The molecule has 1 aliphatic heterocycles. The first-order valence-electron chi connectivity index (χ1n) is 14.4. The SMILES string of the molecule is C.C.C.CC(=O)N1CCC(C(C)(C)C)CC1.CC(C)(C)C1CCCCC1.CC(C)(C)C1CCCCC1. The van der Waals surface area contributed by atoms with Gasteiger partial charge in [0.2, 0.25) is 5.91 Å². The number of likely N-dealkylation sites (tertiary alicyclic amines) is 1. The van der Waals surface area contributed by atoms with Crippen molar-refractivity contribution in [1.29, 1.82) is 0 Å². The van der Waals surface area contributed by atoms with Gasteiger partial charge in [0, 0.05) is 20.0 Å². The Bertz CT molecular complexity index is 497. The number of carbonyl (C=O) groups is 1. The Morgan fingerprint density at radius 2 is 0.750 bits per heavy atom. The van der Waals surface area contributed by atoms with Crippen molar-refractivity contribution in [2.45, 2.75) is 169 Å². The minimum atomic E-state index is 0. The molecule has 0 aromatic carbocycles. The van der Waals surface area contributed by atoms with Gasteiger partial charge in [-0.05, 0) is 72.5 Å². The first-order chi connectivity index (χ1) is 15.1. The van der Waals surface area contributed by atoms with Gasteiger partial charge in [0.1, 0.15) is 0 Å². The van der Waals surface area contributed by atoms with E-state index in [0.29, 0.717) is 16.2 Å². The normalized spacial score (nSPS) is 20.2. The van der Waals surface area contributed by atoms with Crippen LogP contribution < -0.4 is 0 Å². The largest absolute Gasteiger partial charge is 0.343 e. The second kappa shape index (κ2) is 17.9.